The van der Waals surface area contributed by atoms with Crippen molar-refractivity contribution in [1.29, 1.82) is 0 Å². The first-order valence-corrected chi connectivity index (χ1v) is 8.38. The van der Waals surface area contributed by atoms with Gasteiger partial charge in [0.25, 0.3) is 0 Å². The lowest BCUT2D eigenvalue weighted by Gasteiger charge is -2.34. The van der Waals surface area contributed by atoms with Crippen LogP contribution in [0.15, 0.2) is 0 Å². The summed E-state index contributed by atoms with van der Waals surface area (Å²) in [5.41, 5.74) is 0. The molecule has 2 unspecified atom stereocenters. The number of nitrogens with one attached hydrogen (secondary N) is 1. The third kappa shape index (κ3) is 5.73. The molecule has 0 aromatic carbocycles. The van der Waals surface area contributed by atoms with Crippen LogP contribution in [0.2, 0.25) is 0 Å². The molecule has 108 valence electrons. The Morgan fingerprint density at radius 2 is 1.61 bits per heavy atom. The van der Waals surface area contributed by atoms with Crippen LogP contribution in [0.3, 0.4) is 0 Å². The fourth-order valence-corrected chi connectivity index (χ4v) is 3.47. The predicted octanol–water partition coefficient (Wildman–Crippen LogP) is 4.86. The Balaban J connectivity index is 2.36. The van der Waals surface area contributed by atoms with E-state index in [0.29, 0.717) is 0 Å². The SMILES string of the molecule is CCC(CC)CC1CCCCC1CNCC(C)C. The van der Waals surface area contributed by atoms with E-state index >= 15 is 0 Å². The zero-order valence-corrected chi connectivity index (χ0v) is 13.2. The van der Waals surface area contributed by atoms with E-state index in [1.165, 1.54) is 58.0 Å². The summed E-state index contributed by atoms with van der Waals surface area (Å²) in [6.45, 7) is 11.8. The summed E-state index contributed by atoms with van der Waals surface area (Å²) in [4.78, 5) is 0. The summed E-state index contributed by atoms with van der Waals surface area (Å²) >= 11 is 0. The molecule has 1 aliphatic carbocycles. The molecule has 0 aromatic heterocycles. The Bertz CT molecular complexity index is 196. The lowest BCUT2D eigenvalue weighted by atomic mass is 9.74. The van der Waals surface area contributed by atoms with Crippen molar-refractivity contribution in [3.8, 4) is 0 Å². The van der Waals surface area contributed by atoms with Crippen molar-refractivity contribution in [2.24, 2.45) is 23.7 Å². The van der Waals surface area contributed by atoms with Crippen LogP contribution in [-0.4, -0.2) is 13.1 Å². The smallest absolute Gasteiger partial charge is 0.00178 e. The second-order valence-electron chi connectivity index (χ2n) is 6.77. The molecular formula is C17H35N. The highest BCUT2D eigenvalue weighted by molar-refractivity contribution is 4.79. The molecule has 18 heavy (non-hydrogen) atoms. The van der Waals surface area contributed by atoms with Crippen molar-refractivity contribution < 1.29 is 0 Å². The van der Waals surface area contributed by atoms with Crippen molar-refractivity contribution in [2.45, 2.75) is 72.6 Å². The highest BCUT2D eigenvalue weighted by Crippen LogP contribution is 2.35. The van der Waals surface area contributed by atoms with Gasteiger partial charge >= 0.3 is 0 Å². The fraction of sp³-hybridized carbons (Fsp3) is 1.00. The molecule has 0 saturated heterocycles. The average Bonchev–Trinajstić information content (AvgIpc) is 2.37. The van der Waals surface area contributed by atoms with Gasteiger partial charge in [-0.15, -0.1) is 0 Å². The molecule has 0 heterocycles. The normalized spacial score (nSPS) is 25.0. The summed E-state index contributed by atoms with van der Waals surface area (Å²) in [5.74, 6) is 3.72. The summed E-state index contributed by atoms with van der Waals surface area (Å²) < 4.78 is 0. The van der Waals surface area contributed by atoms with E-state index in [1.807, 2.05) is 0 Å². The zero-order valence-electron chi connectivity index (χ0n) is 13.2. The van der Waals surface area contributed by atoms with Crippen LogP contribution in [0.1, 0.15) is 72.6 Å². The van der Waals surface area contributed by atoms with Crippen molar-refractivity contribution in [2.75, 3.05) is 13.1 Å². The molecule has 0 spiro atoms. The average molecular weight is 253 g/mol. The maximum atomic E-state index is 3.69. The minimum absolute atomic E-state index is 0.783. The monoisotopic (exact) mass is 253 g/mol. The lowest BCUT2D eigenvalue weighted by molar-refractivity contribution is 0.186. The van der Waals surface area contributed by atoms with Crippen molar-refractivity contribution in [3.05, 3.63) is 0 Å². The van der Waals surface area contributed by atoms with Crippen LogP contribution in [0.4, 0.5) is 0 Å². The van der Waals surface area contributed by atoms with E-state index in [9.17, 15) is 0 Å². The highest BCUT2D eigenvalue weighted by atomic mass is 14.9. The minimum atomic E-state index is 0.783. The molecule has 0 radical (unpaired) electrons. The second-order valence-corrected chi connectivity index (χ2v) is 6.77. The van der Waals surface area contributed by atoms with Crippen molar-refractivity contribution >= 4 is 0 Å². The first-order chi connectivity index (χ1) is 8.67. The van der Waals surface area contributed by atoms with Gasteiger partial charge in [0.2, 0.25) is 0 Å². The van der Waals surface area contributed by atoms with Crippen LogP contribution in [-0.2, 0) is 0 Å². The largest absolute Gasteiger partial charge is 0.316 e. The Kier molecular flexibility index (Phi) is 7.97. The Labute approximate surface area is 115 Å². The zero-order chi connectivity index (χ0) is 13.4. The molecular weight excluding hydrogens is 218 g/mol. The van der Waals surface area contributed by atoms with E-state index in [1.54, 1.807) is 0 Å². The second kappa shape index (κ2) is 8.96. The molecule has 1 fully saturated rings. The summed E-state index contributed by atoms with van der Waals surface area (Å²) in [6, 6.07) is 0. The van der Waals surface area contributed by atoms with Crippen LogP contribution in [0.5, 0.6) is 0 Å². The summed E-state index contributed by atoms with van der Waals surface area (Å²) in [5, 5.41) is 3.69. The molecule has 1 saturated carbocycles. The molecule has 1 aliphatic rings. The topological polar surface area (TPSA) is 12.0 Å². The molecule has 1 rings (SSSR count). The van der Waals surface area contributed by atoms with Gasteiger partial charge in [0, 0.05) is 0 Å². The van der Waals surface area contributed by atoms with Gasteiger partial charge in [0.1, 0.15) is 0 Å². The van der Waals surface area contributed by atoms with Crippen LogP contribution in [0.25, 0.3) is 0 Å². The van der Waals surface area contributed by atoms with Gasteiger partial charge in [-0.3, -0.25) is 0 Å². The third-order valence-corrected chi connectivity index (χ3v) is 4.82. The van der Waals surface area contributed by atoms with Gasteiger partial charge in [-0.25, -0.2) is 0 Å². The quantitative estimate of drug-likeness (QED) is 0.651. The van der Waals surface area contributed by atoms with Gasteiger partial charge in [0.05, 0.1) is 0 Å². The van der Waals surface area contributed by atoms with Gasteiger partial charge in [-0.05, 0) is 49.6 Å². The van der Waals surface area contributed by atoms with Crippen molar-refractivity contribution in [1.82, 2.24) is 5.32 Å². The Morgan fingerprint density at radius 3 is 2.17 bits per heavy atom. The third-order valence-electron chi connectivity index (χ3n) is 4.82. The maximum Gasteiger partial charge on any atom is -0.00178 e. The predicted molar refractivity (Wildman–Crippen MR) is 81.8 cm³/mol. The van der Waals surface area contributed by atoms with E-state index in [0.717, 1.165) is 23.7 Å². The lowest BCUT2D eigenvalue weighted by Crippen LogP contribution is -2.33. The molecule has 0 bridgehead atoms. The van der Waals surface area contributed by atoms with Gasteiger partial charge in [-0.2, -0.15) is 0 Å². The standard InChI is InChI=1S/C17H35N/c1-5-15(6-2)11-16-9-7-8-10-17(16)13-18-12-14(3)4/h14-18H,5-13H2,1-4H3. The van der Waals surface area contributed by atoms with E-state index in [2.05, 4.69) is 33.0 Å². The Morgan fingerprint density at radius 1 is 1.00 bits per heavy atom. The minimum Gasteiger partial charge on any atom is -0.316 e. The van der Waals surface area contributed by atoms with Crippen molar-refractivity contribution in [3.63, 3.8) is 0 Å². The molecule has 0 aliphatic heterocycles. The van der Waals surface area contributed by atoms with Crippen LogP contribution in [0, 0.1) is 23.7 Å². The first kappa shape index (κ1) is 16.0. The molecule has 1 heteroatoms. The molecule has 2 atom stereocenters. The van der Waals surface area contributed by atoms with E-state index in [4.69, 9.17) is 0 Å². The molecule has 0 aromatic rings. The summed E-state index contributed by atoms with van der Waals surface area (Å²) in [7, 11) is 0. The fourth-order valence-electron chi connectivity index (χ4n) is 3.47. The molecule has 1 N–H and O–H groups in total. The molecule has 0 amide bonds. The van der Waals surface area contributed by atoms with Crippen LogP contribution < -0.4 is 5.32 Å². The highest BCUT2D eigenvalue weighted by Gasteiger charge is 2.26. The number of hydrogen-bond donors (Lipinski definition) is 1. The van der Waals surface area contributed by atoms with Gasteiger partial charge < -0.3 is 5.32 Å². The van der Waals surface area contributed by atoms with E-state index < -0.39 is 0 Å². The molecule has 1 nitrogen and oxygen atoms in total. The van der Waals surface area contributed by atoms with E-state index in [-0.39, 0.29) is 0 Å². The summed E-state index contributed by atoms with van der Waals surface area (Å²) in [6.07, 6.45) is 10.1. The first-order valence-electron chi connectivity index (χ1n) is 8.38. The Hall–Kier alpha value is -0.0400. The van der Waals surface area contributed by atoms with Crippen LogP contribution >= 0.6 is 0 Å². The van der Waals surface area contributed by atoms with Gasteiger partial charge in [-0.1, -0.05) is 59.8 Å². The number of rotatable bonds is 8. The number of hydrogen-bond acceptors (Lipinski definition) is 1. The maximum absolute atomic E-state index is 3.69. The van der Waals surface area contributed by atoms with Gasteiger partial charge in [0.15, 0.2) is 0 Å².